The van der Waals surface area contributed by atoms with Gasteiger partial charge in [0.25, 0.3) is 0 Å². The van der Waals surface area contributed by atoms with E-state index < -0.39 is 18.8 Å². The second-order valence-electron chi connectivity index (χ2n) is 5.75. The van der Waals surface area contributed by atoms with Crippen molar-refractivity contribution in [2.45, 2.75) is 32.0 Å². The number of pyridine rings is 1. The lowest BCUT2D eigenvalue weighted by Crippen LogP contribution is -2.28. The fourth-order valence-electron chi connectivity index (χ4n) is 2.50. The normalized spacial score (nSPS) is 12.6. The molecular formula is C18H20F3N3O2. The van der Waals surface area contributed by atoms with E-state index in [9.17, 15) is 18.0 Å². The molecular weight excluding hydrogens is 347 g/mol. The largest absolute Gasteiger partial charge is 0.468 e. The third-order valence-electron chi connectivity index (χ3n) is 3.66. The van der Waals surface area contributed by atoms with Crippen LogP contribution in [0.15, 0.2) is 42.6 Å². The van der Waals surface area contributed by atoms with E-state index in [-0.39, 0.29) is 12.4 Å². The zero-order valence-electron chi connectivity index (χ0n) is 14.1. The number of carbonyl (C=O) groups excluding carboxylic acids is 1. The molecule has 3 rings (SSSR count). The van der Waals surface area contributed by atoms with Crippen molar-refractivity contribution < 1.29 is 22.7 Å². The first-order valence-corrected chi connectivity index (χ1v) is 8.08. The minimum atomic E-state index is -4.41. The number of carbonyl (C=O) groups is 1. The average molecular weight is 367 g/mol. The lowest BCUT2D eigenvalue weighted by Gasteiger charge is -2.09. The van der Waals surface area contributed by atoms with Crippen LogP contribution < -0.4 is 15.8 Å². The maximum Gasteiger partial charge on any atom is 0.422 e. The first-order chi connectivity index (χ1) is 12.3. The molecule has 8 heteroatoms. The maximum atomic E-state index is 11.9. The van der Waals surface area contributed by atoms with Crippen molar-refractivity contribution in [2.24, 2.45) is 5.73 Å². The molecule has 0 saturated heterocycles. The van der Waals surface area contributed by atoms with Crippen LogP contribution in [0, 0.1) is 0 Å². The molecule has 0 saturated carbocycles. The number of hydrogen-bond donors (Lipinski definition) is 2. The monoisotopic (exact) mass is 367 g/mol. The molecule has 1 aliphatic carbocycles. The molecule has 2 aromatic rings. The van der Waals surface area contributed by atoms with Crippen molar-refractivity contribution in [3.63, 3.8) is 0 Å². The molecule has 140 valence electrons. The van der Waals surface area contributed by atoms with Crippen molar-refractivity contribution in [3.8, 4) is 5.88 Å². The van der Waals surface area contributed by atoms with E-state index >= 15 is 0 Å². The number of rotatable bonds is 4. The topological polar surface area (TPSA) is 77.2 Å². The molecule has 0 spiro atoms. The quantitative estimate of drug-likeness (QED) is 0.870. The van der Waals surface area contributed by atoms with Gasteiger partial charge in [-0.25, -0.2) is 9.78 Å². The van der Waals surface area contributed by atoms with Crippen molar-refractivity contribution in [1.29, 1.82) is 0 Å². The molecule has 0 unspecified atom stereocenters. The Bertz CT molecular complexity index is 713. The van der Waals surface area contributed by atoms with Crippen LogP contribution in [0.5, 0.6) is 5.88 Å². The van der Waals surface area contributed by atoms with Crippen LogP contribution >= 0.6 is 0 Å². The third kappa shape index (κ3) is 7.00. The van der Waals surface area contributed by atoms with Crippen LogP contribution in [0.2, 0.25) is 0 Å². The lowest BCUT2D eigenvalue weighted by atomic mass is 10.1. The van der Waals surface area contributed by atoms with E-state index in [0.29, 0.717) is 5.56 Å². The van der Waals surface area contributed by atoms with Gasteiger partial charge < -0.3 is 15.8 Å². The number of nitrogens with two attached hydrogens (primary N) is 1. The van der Waals surface area contributed by atoms with Gasteiger partial charge in [0, 0.05) is 18.8 Å². The summed E-state index contributed by atoms with van der Waals surface area (Å²) in [5.41, 5.74) is 8.52. The summed E-state index contributed by atoms with van der Waals surface area (Å²) in [4.78, 5) is 14.0. The van der Waals surface area contributed by atoms with Crippen LogP contribution in [-0.2, 0) is 19.4 Å². The highest BCUT2D eigenvalue weighted by atomic mass is 19.4. The van der Waals surface area contributed by atoms with Crippen LogP contribution in [0.25, 0.3) is 0 Å². The Labute approximate surface area is 149 Å². The highest BCUT2D eigenvalue weighted by Gasteiger charge is 2.28. The molecule has 0 radical (unpaired) electrons. The van der Waals surface area contributed by atoms with Gasteiger partial charge in [-0.2, -0.15) is 13.2 Å². The SMILES string of the molecule is NC(=O)NCc1ccnc(OCC(F)(F)F)c1.c1ccc2c(c1)CCC2. The van der Waals surface area contributed by atoms with Crippen molar-refractivity contribution in [2.75, 3.05) is 6.61 Å². The number of halogens is 3. The van der Waals surface area contributed by atoms with Crippen molar-refractivity contribution in [1.82, 2.24) is 10.3 Å². The minimum Gasteiger partial charge on any atom is -0.468 e. The molecule has 1 aliphatic rings. The predicted octanol–water partition coefficient (Wildman–Crippen LogP) is 3.37. The molecule has 5 nitrogen and oxygen atoms in total. The summed E-state index contributed by atoms with van der Waals surface area (Å²) >= 11 is 0. The summed E-state index contributed by atoms with van der Waals surface area (Å²) in [6.45, 7) is -1.31. The lowest BCUT2D eigenvalue weighted by molar-refractivity contribution is -0.154. The van der Waals surface area contributed by atoms with Crippen LogP contribution in [-0.4, -0.2) is 23.8 Å². The van der Waals surface area contributed by atoms with Crippen LogP contribution in [0.1, 0.15) is 23.1 Å². The Kier molecular flexibility index (Phi) is 6.82. The molecule has 26 heavy (non-hydrogen) atoms. The molecule has 1 aromatic carbocycles. The van der Waals surface area contributed by atoms with E-state index in [4.69, 9.17) is 5.73 Å². The summed E-state index contributed by atoms with van der Waals surface area (Å²) in [6, 6.07) is 10.8. The highest BCUT2D eigenvalue weighted by molar-refractivity contribution is 5.71. The zero-order valence-corrected chi connectivity index (χ0v) is 14.1. The number of benzene rings is 1. The number of fused-ring (bicyclic) bond motifs is 1. The maximum absolute atomic E-state index is 11.9. The summed E-state index contributed by atoms with van der Waals surface area (Å²) in [6.07, 6.45) is 0.832. The number of hydrogen-bond acceptors (Lipinski definition) is 3. The van der Waals surface area contributed by atoms with Crippen molar-refractivity contribution >= 4 is 6.03 Å². The number of aryl methyl sites for hydroxylation is 2. The number of primary amides is 1. The van der Waals surface area contributed by atoms with E-state index in [0.717, 1.165) is 0 Å². The highest BCUT2D eigenvalue weighted by Crippen LogP contribution is 2.20. The predicted molar refractivity (Wildman–Crippen MR) is 90.7 cm³/mol. The van der Waals surface area contributed by atoms with Crippen LogP contribution in [0.3, 0.4) is 0 Å². The third-order valence-corrected chi connectivity index (χ3v) is 3.66. The molecule has 2 amide bonds. The first-order valence-electron chi connectivity index (χ1n) is 8.08. The minimum absolute atomic E-state index is 0.0975. The summed E-state index contributed by atoms with van der Waals surface area (Å²) in [5, 5.41) is 2.29. The molecule has 1 heterocycles. The van der Waals surface area contributed by atoms with Gasteiger partial charge in [0.1, 0.15) is 0 Å². The Balaban J connectivity index is 0.000000223. The number of amides is 2. The Morgan fingerprint density at radius 3 is 2.42 bits per heavy atom. The summed E-state index contributed by atoms with van der Waals surface area (Å²) in [7, 11) is 0. The average Bonchev–Trinajstić information content (AvgIpc) is 3.07. The van der Waals surface area contributed by atoms with Gasteiger partial charge >= 0.3 is 12.2 Å². The Morgan fingerprint density at radius 1 is 1.19 bits per heavy atom. The standard InChI is InChI=1S/C9H10F3N3O2.C9H10/c10-9(11,12)5-17-7-3-6(1-2-14-7)4-15-8(13)16;1-2-5-9-7-3-6-8(9)4-1/h1-3H,4-5H2,(H3,13,15,16);1-2,4-5H,3,6-7H2. The van der Waals surface area contributed by atoms with Gasteiger partial charge in [0.15, 0.2) is 6.61 Å². The smallest absolute Gasteiger partial charge is 0.422 e. The number of nitrogens with one attached hydrogen (secondary N) is 1. The zero-order chi connectivity index (χ0) is 19.0. The fraction of sp³-hybridized carbons (Fsp3) is 0.333. The molecule has 0 bridgehead atoms. The second-order valence-corrected chi connectivity index (χ2v) is 5.75. The van der Waals surface area contributed by atoms with Crippen molar-refractivity contribution in [3.05, 3.63) is 59.3 Å². The van der Waals surface area contributed by atoms with E-state index in [2.05, 4.69) is 39.3 Å². The molecule has 1 aromatic heterocycles. The van der Waals surface area contributed by atoms with E-state index in [1.54, 1.807) is 11.1 Å². The Hall–Kier alpha value is -2.77. The second kappa shape index (κ2) is 9.07. The number of aromatic nitrogens is 1. The number of urea groups is 1. The van der Waals surface area contributed by atoms with Gasteiger partial charge in [0.05, 0.1) is 0 Å². The number of nitrogens with zero attached hydrogens (tertiary/aromatic N) is 1. The first kappa shape index (κ1) is 19.6. The van der Waals surface area contributed by atoms with E-state index in [1.807, 2.05) is 0 Å². The fourth-order valence-corrected chi connectivity index (χ4v) is 2.50. The summed E-state index contributed by atoms with van der Waals surface area (Å²) in [5.74, 6) is -0.161. The van der Waals surface area contributed by atoms with Gasteiger partial charge in [-0.3, -0.25) is 0 Å². The Morgan fingerprint density at radius 2 is 1.85 bits per heavy atom. The molecule has 3 N–H and O–H groups in total. The molecule has 0 atom stereocenters. The van der Waals surface area contributed by atoms with Crippen LogP contribution in [0.4, 0.5) is 18.0 Å². The van der Waals surface area contributed by atoms with Gasteiger partial charge in [-0.1, -0.05) is 24.3 Å². The number of ether oxygens (including phenoxy) is 1. The number of alkyl halides is 3. The summed E-state index contributed by atoms with van der Waals surface area (Å²) < 4.78 is 40.0. The van der Waals surface area contributed by atoms with E-state index in [1.165, 1.54) is 37.6 Å². The van der Waals surface area contributed by atoms with Gasteiger partial charge in [-0.05, 0) is 42.0 Å². The molecule has 0 aliphatic heterocycles. The van der Waals surface area contributed by atoms with Gasteiger partial charge in [0.2, 0.25) is 5.88 Å². The molecule has 0 fully saturated rings. The van der Waals surface area contributed by atoms with Gasteiger partial charge in [-0.15, -0.1) is 0 Å².